The molecule has 0 spiro atoms. The van der Waals surface area contributed by atoms with Gasteiger partial charge in [-0.3, -0.25) is 4.79 Å². The second-order valence-electron chi connectivity index (χ2n) is 4.79. The van der Waals surface area contributed by atoms with Gasteiger partial charge in [0.1, 0.15) is 11.5 Å². The zero-order chi connectivity index (χ0) is 16.1. The topological polar surface area (TPSA) is 66.9 Å². The number of nitrogens with one attached hydrogen (secondary N) is 2. The minimum absolute atomic E-state index is 0.186. The molecule has 1 atom stereocenters. The van der Waals surface area contributed by atoms with Crippen LogP contribution in [0.5, 0.6) is 0 Å². The van der Waals surface area contributed by atoms with Crippen LogP contribution in [0.1, 0.15) is 30.8 Å². The first-order valence-corrected chi connectivity index (χ1v) is 7.60. The van der Waals surface area contributed by atoms with E-state index < -0.39 is 5.91 Å². The van der Waals surface area contributed by atoms with E-state index in [0.29, 0.717) is 21.6 Å². The summed E-state index contributed by atoms with van der Waals surface area (Å²) in [6, 6.07) is 5.29. The molecule has 1 unspecified atom stereocenters. The highest BCUT2D eigenvalue weighted by atomic mass is 35.5. The van der Waals surface area contributed by atoms with E-state index in [1.54, 1.807) is 18.2 Å². The number of carbonyl (C=O) groups is 1. The summed E-state index contributed by atoms with van der Waals surface area (Å²) in [5.41, 5.74) is 0.546. The number of carbonyl (C=O) groups excluding carboxylic acids is 1. The molecule has 7 heteroatoms. The SMILES string of the molecule is CCC(C)Nc1cnc(C(=O)Nc2c(Cl)cccc2Cl)cn1. The second-order valence-corrected chi connectivity index (χ2v) is 5.61. The Bertz CT molecular complexity index is 641. The van der Waals surface area contributed by atoms with Crippen molar-refractivity contribution in [3.05, 3.63) is 46.3 Å². The summed E-state index contributed by atoms with van der Waals surface area (Å²) < 4.78 is 0. The molecule has 0 fully saturated rings. The highest BCUT2D eigenvalue weighted by Crippen LogP contribution is 2.30. The van der Waals surface area contributed by atoms with Gasteiger partial charge in [0.05, 0.1) is 28.1 Å². The lowest BCUT2D eigenvalue weighted by Gasteiger charge is -2.12. The fourth-order valence-electron chi connectivity index (χ4n) is 1.67. The molecule has 0 aliphatic heterocycles. The van der Waals surface area contributed by atoms with Crippen LogP contribution in [0.15, 0.2) is 30.6 Å². The lowest BCUT2D eigenvalue weighted by atomic mass is 10.2. The standard InChI is InChI=1S/C15H16Cl2N4O/c1-3-9(2)20-13-8-18-12(7-19-13)15(22)21-14-10(16)5-4-6-11(14)17/h4-9H,3H2,1-2H3,(H,19,20)(H,21,22). The number of aromatic nitrogens is 2. The molecule has 1 amide bonds. The minimum atomic E-state index is -0.419. The maximum Gasteiger partial charge on any atom is 0.275 e. The van der Waals surface area contributed by atoms with Gasteiger partial charge in [0, 0.05) is 6.04 Å². The van der Waals surface area contributed by atoms with Crippen LogP contribution in [0.4, 0.5) is 11.5 Å². The van der Waals surface area contributed by atoms with Crippen molar-refractivity contribution in [1.29, 1.82) is 0 Å². The number of hydrogen-bond acceptors (Lipinski definition) is 4. The van der Waals surface area contributed by atoms with Gasteiger partial charge < -0.3 is 10.6 Å². The summed E-state index contributed by atoms with van der Waals surface area (Å²) in [5, 5.41) is 6.55. The van der Waals surface area contributed by atoms with Gasteiger partial charge in [0.25, 0.3) is 5.91 Å². The van der Waals surface area contributed by atoms with Gasteiger partial charge in [-0.2, -0.15) is 0 Å². The van der Waals surface area contributed by atoms with Crippen LogP contribution < -0.4 is 10.6 Å². The van der Waals surface area contributed by atoms with Crippen LogP contribution in [-0.2, 0) is 0 Å². The highest BCUT2D eigenvalue weighted by Gasteiger charge is 2.13. The van der Waals surface area contributed by atoms with Crippen molar-refractivity contribution >= 4 is 40.6 Å². The number of anilines is 2. The molecule has 0 saturated heterocycles. The quantitative estimate of drug-likeness (QED) is 0.855. The number of rotatable bonds is 5. The van der Waals surface area contributed by atoms with Gasteiger partial charge in [-0.1, -0.05) is 36.2 Å². The van der Waals surface area contributed by atoms with Crippen molar-refractivity contribution in [2.45, 2.75) is 26.3 Å². The molecular formula is C15H16Cl2N4O. The summed E-state index contributed by atoms with van der Waals surface area (Å²) >= 11 is 12.0. The molecule has 2 aromatic rings. The van der Waals surface area contributed by atoms with Crippen molar-refractivity contribution in [2.75, 3.05) is 10.6 Å². The predicted octanol–water partition coefficient (Wildman–Crippen LogP) is 4.25. The molecule has 2 rings (SSSR count). The maximum atomic E-state index is 12.2. The zero-order valence-corrected chi connectivity index (χ0v) is 13.7. The smallest absolute Gasteiger partial charge is 0.275 e. The van der Waals surface area contributed by atoms with Crippen molar-refractivity contribution in [1.82, 2.24) is 9.97 Å². The van der Waals surface area contributed by atoms with Crippen molar-refractivity contribution in [3.63, 3.8) is 0 Å². The third kappa shape index (κ3) is 4.08. The Hall–Kier alpha value is -1.85. The Morgan fingerprint density at radius 3 is 2.45 bits per heavy atom. The average Bonchev–Trinajstić information content (AvgIpc) is 2.51. The van der Waals surface area contributed by atoms with E-state index >= 15 is 0 Å². The second kappa shape index (κ2) is 7.42. The Morgan fingerprint density at radius 1 is 1.23 bits per heavy atom. The lowest BCUT2D eigenvalue weighted by molar-refractivity contribution is 0.102. The van der Waals surface area contributed by atoms with Gasteiger partial charge in [0.15, 0.2) is 0 Å². The monoisotopic (exact) mass is 338 g/mol. The predicted molar refractivity (Wildman–Crippen MR) is 89.8 cm³/mol. The van der Waals surface area contributed by atoms with Crippen molar-refractivity contribution in [2.24, 2.45) is 0 Å². The van der Waals surface area contributed by atoms with Crippen LogP contribution >= 0.6 is 23.2 Å². The number of amides is 1. The first kappa shape index (κ1) is 16.5. The Balaban J connectivity index is 2.10. The van der Waals surface area contributed by atoms with Gasteiger partial charge >= 0.3 is 0 Å². The fourth-order valence-corrected chi connectivity index (χ4v) is 2.16. The van der Waals surface area contributed by atoms with Gasteiger partial charge in [0.2, 0.25) is 0 Å². The number of para-hydroxylation sites is 1. The fraction of sp³-hybridized carbons (Fsp3) is 0.267. The summed E-state index contributed by atoms with van der Waals surface area (Å²) in [4.78, 5) is 20.4. The first-order chi connectivity index (χ1) is 10.5. The number of halogens is 2. The molecule has 2 N–H and O–H groups in total. The molecule has 22 heavy (non-hydrogen) atoms. The van der Waals surface area contributed by atoms with Gasteiger partial charge in [-0.15, -0.1) is 0 Å². The van der Waals surface area contributed by atoms with Crippen LogP contribution in [-0.4, -0.2) is 21.9 Å². The van der Waals surface area contributed by atoms with Gasteiger partial charge in [-0.05, 0) is 25.5 Å². The van der Waals surface area contributed by atoms with E-state index in [9.17, 15) is 4.79 Å². The number of nitrogens with zero attached hydrogens (tertiary/aromatic N) is 2. The molecule has 0 radical (unpaired) electrons. The summed E-state index contributed by atoms with van der Waals surface area (Å²) in [6.45, 7) is 4.11. The molecule has 0 bridgehead atoms. The van der Waals surface area contributed by atoms with E-state index in [1.807, 2.05) is 6.92 Å². The summed E-state index contributed by atoms with van der Waals surface area (Å²) in [5.74, 6) is 0.208. The molecule has 0 aliphatic carbocycles. The van der Waals surface area contributed by atoms with E-state index in [2.05, 4.69) is 27.5 Å². The molecule has 5 nitrogen and oxygen atoms in total. The van der Waals surface area contributed by atoms with Crippen LogP contribution in [0.3, 0.4) is 0 Å². The normalized spacial score (nSPS) is 11.8. The molecule has 0 aliphatic rings. The molecule has 0 saturated carbocycles. The van der Waals surface area contributed by atoms with Crippen LogP contribution in [0.2, 0.25) is 10.0 Å². The van der Waals surface area contributed by atoms with Crippen LogP contribution in [0.25, 0.3) is 0 Å². The minimum Gasteiger partial charge on any atom is -0.366 e. The molecular weight excluding hydrogens is 323 g/mol. The highest BCUT2D eigenvalue weighted by molar-refractivity contribution is 6.39. The number of benzene rings is 1. The van der Waals surface area contributed by atoms with Gasteiger partial charge in [-0.25, -0.2) is 9.97 Å². The molecule has 1 aromatic heterocycles. The third-order valence-corrected chi connectivity index (χ3v) is 3.72. The van der Waals surface area contributed by atoms with Crippen molar-refractivity contribution < 1.29 is 4.79 Å². The summed E-state index contributed by atoms with van der Waals surface area (Å²) in [7, 11) is 0. The Morgan fingerprint density at radius 2 is 1.91 bits per heavy atom. The Kier molecular flexibility index (Phi) is 5.57. The lowest BCUT2D eigenvalue weighted by Crippen LogP contribution is -2.17. The van der Waals surface area contributed by atoms with E-state index in [4.69, 9.17) is 23.2 Å². The molecule has 1 heterocycles. The van der Waals surface area contributed by atoms with Crippen LogP contribution in [0, 0.1) is 0 Å². The van der Waals surface area contributed by atoms with Crippen molar-refractivity contribution in [3.8, 4) is 0 Å². The summed E-state index contributed by atoms with van der Waals surface area (Å²) in [6.07, 6.45) is 3.90. The van der Waals surface area contributed by atoms with E-state index in [-0.39, 0.29) is 11.7 Å². The largest absolute Gasteiger partial charge is 0.366 e. The zero-order valence-electron chi connectivity index (χ0n) is 12.2. The average molecular weight is 339 g/mol. The first-order valence-electron chi connectivity index (χ1n) is 6.85. The van der Waals surface area contributed by atoms with E-state index in [1.165, 1.54) is 12.4 Å². The maximum absolute atomic E-state index is 12.2. The van der Waals surface area contributed by atoms with E-state index in [0.717, 1.165) is 6.42 Å². The third-order valence-electron chi connectivity index (χ3n) is 3.09. The molecule has 1 aromatic carbocycles. The Labute approximate surface area is 139 Å². The molecule has 116 valence electrons. The number of hydrogen-bond donors (Lipinski definition) is 2.